The van der Waals surface area contributed by atoms with Crippen LogP contribution in [0.3, 0.4) is 0 Å². The van der Waals surface area contributed by atoms with Crippen LogP contribution in [0.5, 0.6) is 0 Å². The highest BCUT2D eigenvalue weighted by Gasteiger charge is 2.10. The number of pyridine rings is 1. The van der Waals surface area contributed by atoms with E-state index >= 15 is 0 Å². The third-order valence-corrected chi connectivity index (χ3v) is 2.32. The third kappa shape index (κ3) is 2.65. The summed E-state index contributed by atoms with van der Waals surface area (Å²) in [5.41, 5.74) is 5.18. The van der Waals surface area contributed by atoms with Crippen LogP contribution in [0.25, 0.3) is 0 Å². The molecule has 3 nitrogen and oxygen atoms in total. The molecule has 0 aromatic carbocycles. The van der Waals surface area contributed by atoms with Gasteiger partial charge >= 0.3 is 0 Å². The summed E-state index contributed by atoms with van der Waals surface area (Å²) < 4.78 is 0. The lowest BCUT2D eigenvalue weighted by Gasteiger charge is -2.16. The SMILES string of the molecule is C=CCCC(NN)c1cnccc1C. The first-order valence-electron chi connectivity index (χ1n) is 4.77. The second-order valence-corrected chi connectivity index (χ2v) is 3.32. The van der Waals surface area contributed by atoms with Gasteiger partial charge < -0.3 is 0 Å². The van der Waals surface area contributed by atoms with Crippen LogP contribution < -0.4 is 11.3 Å². The number of nitrogens with zero attached hydrogens (tertiary/aromatic N) is 1. The normalized spacial score (nSPS) is 12.4. The first-order valence-corrected chi connectivity index (χ1v) is 4.77. The summed E-state index contributed by atoms with van der Waals surface area (Å²) in [6.07, 6.45) is 7.45. The Kier molecular flexibility index (Phi) is 4.29. The van der Waals surface area contributed by atoms with Crippen molar-refractivity contribution in [1.29, 1.82) is 0 Å². The first kappa shape index (κ1) is 10.9. The molecule has 0 saturated carbocycles. The zero-order valence-corrected chi connectivity index (χ0v) is 8.53. The number of hydrogen-bond donors (Lipinski definition) is 2. The van der Waals surface area contributed by atoms with E-state index in [2.05, 4.69) is 23.9 Å². The minimum absolute atomic E-state index is 0.168. The number of rotatable bonds is 5. The van der Waals surface area contributed by atoms with Gasteiger partial charge in [0.15, 0.2) is 0 Å². The molecule has 0 aliphatic heterocycles. The van der Waals surface area contributed by atoms with Crippen molar-refractivity contribution in [3.05, 3.63) is 42.2 Å². The highest BCUT2D eigenvalue weighted by atomic mass is 15.2. The lowest BCUT2D eigenvalue weighted by atomic mass is 10.0. The van der Waals surface area contributed by atoms with Crippen molar-refractivity contribution >= 4 is 0 Å². The van der Waals surface area contributed by atoms with Gasteiger partial charge in [0.05, 0.1) is 0 Å². The van der Waals surface area contributed by atoms with Gasteiger partial charge in [-0.05, 0) is 37.0 Å². The van der Waals surface area contributed by atoms with Crippen molar-refractivity contribution in [2.24, 2.45) is 5.84 Å². The molecule has 1 aromatic heterocycles. The van der Waals surface area contributed by atoms with Crippen molar-refractivity contribution < 1.29 is 0 Å². The molecule has 0 bridgehead atoms. The predicted molar refractivity (Wildman–Crippen MR) is 58.5 cm³/mol. The van der Waals surface area contributed by atoms with E-state index in [9.17, 15) is 0 Å². The Hall–Kier alpha value is -1.19. The predicted octanol–water partition coefficient (Wildman–Crippen LogP) is 1.86. The maximum atomic E-state index is 5.50. The molecule has 14 heavy (non-hydrogen) atoms. The average Bonchev–Trinajstić information content (AvgIpc) is 2.21. The minimum Gasteiger partial charge on any atom is -0.271 e. The number of hydrazine groups is 1. The molecule has 0 saturated heterocycles. The number of allylic oxidation sites excluding steroid dienone is 1. The van der Waals surface area contributed by atoms with Crippen molar-refractivity contribution in [3.63, 3.8) is 0 Å². The van der Waals surface area contributed by atoms with Gasteiger partial charge in [0.1, 0.15) is 0 Å². The van der Waals surface area contributed by atoms with Crippen LogP contribution in [0.4, 0.5) is 0 Å². The zero-order valence-electron chi connectivity index (χ0n) is 8.53. The average molecular weight is 191 g/mol. The Morgan fingerprint density at radius 1 is 1.71 bits per heavy atom. The first-order chi connectivity index (χ1) is 6.79. The fraction of sp³-hybridized carbons (Fsp3) is 0.364. The molecule has 1 atom stereocenters. The van der Waals surface area contributed by atoms with Gasteiger partial charge in [0.25, 0.3) is 0 Å². The molecular weight excluding hydrogens is 174 g/mol. The monoisotopic (exact) mass is 191 g/mol. The second kappa shape index (κ2) is 5.52. The topological polar surface area (TPSA) is 50.9 Å². The summed E-state index contributed by atoms with van der Waals surface area (Å²) in [4.78, 5) is 4.10. The van der Waals surface area contributed by atoms with Crippen LogP contribution in [0, 0.1) is 6.92 Å². The smallest absolute Gasteiger partial charge is 0.0480 e. The largest absolute Gasteiger partial charge is 0.271 e. The molecular formula is C11H17N3. The molecule has 1 unspecified atom stereocenters. The third-order valence-electron chi connectivity index (χ3n) is 2.32. The van der Waals surface area contributed by atoms with Crippen LogP contribution in [0.2, 0.25) is 0 Å². The van der Waals surface area contributed by atoms with Gasteiger partial charge in [0.2, 0.25) is 0 Å². The fourth-order valence-corrected chi connectivity index (χ4v) is 1.45. The highest BCUT2D eigenvalue weighted by molar-refractivity contribution is 5.24. The Balaban J connectivity index is 2.78. The molecule has 0 fully saturated rings. The van der Waals surface area contributed by atoms with E-state index in [1.165, 1.54) is 5.56 Å². The van der Waals surface area contributed by atoms with E-state index in [0.29, 0.717) is 0 Å². The van der Waals surface area contributed by atoms with Crippen LogP contribution in [0.15, 0.2) is 31.1 Å². The van der Waals surface area contributed by atoms with Gasteiger partial charge in [0, 0.05) is 18.4 Å². The van der Waals surface area contributed by atoms with E-state index in [4.69, 9.17) is 5.84 Å². The fourth-order valence-electron chi connectivity index (χ4n) is 1.45. The van der Waals surface area contributed by atoms with E-state index in [0.717, 1.165) is 18.4 Å². The lowest BCUT2D eigenvalue weighted by Crippen LogP contribution is -2.28. The molecule has 1 heterocycles. The number of aromatic nitrogens is 1. The van der Waals surface area contributed by atoms with Crippen molar-refractivity contribution in [1.82, 2.24) is 10.4 Å². The van der Waals surface area contributed by atoms with Gasteiger partial charge in [-0.3, -0.25) is 16.3 Å². The quantitative estimate of drug-likeness (QED) is 0.424. The maximum absolute atomic E-state index is 5.50. The Bertz CT molecular complexity index is 296. The van der Waals surface area contributed by atoms with E-state index in [-0.39, 0.29) is 6.04 Å². The molecule has 0 spiro atoms. The summed E-state index contributed by atoms with van der Waals surface area (Å²) in [7, 11) is 0. The van der Waals surface area contributed by atoms with Crippen LogP contribution in [-0.4, -0.2) is 4.98 Å². The molecule has 0 aliphatic rings. The summed E-state index contributed by atoms with van der Waals surface area (Å²) in [5.74, 6) is 5.50. The molecule has 0 amide bonds. The second-order valence-electron chi connectivity index (χ2n) is 3.32. The van der Waals surface area contributed by atoms with E-state index < -0.39 is 0 Å². The van der Waals surface area contributed by atoms with Crippen molar-refractivity contribution in [3.8, 4) is 0 Å². The highest BCUT2D eigenvalue weighted by Crippen LogP contribution is 2.19. The van der Waals surface area contributed by atoms with Gasteiger partial charge in [-0.15, -0.1) is 6.58 Å². The molecule has 0 aliphatic carbocycles. The number of hydrogen-bond acceptors (Lipinski definition) is 3. The maximum Gasteiger partial charge on any atom is 0.0480 e. The molecule has 1 aromatic rings. The van der Waals surface area contributed by atoms with Crippen LogP contribution in [-0.2, 0) is 0 Å². The standard InChI is InChI=1S/C11H17N3/c1-3-4-5-11(14-12)10-8-13-7-6-9(10)2/h3,6-8,11,14H,1,4-5,12H2,2H3. The van der Waals surface area contributed by atoms with Gasteiger partial charge in [-0.2, -0.15) is 0 Å². The minimum atomic E-state index is 0.168. The Labute approximate surface area is 85.0 Å². The van der Waals surface area contributed by atoms with E-state index in [1.807, 2.05) is 18.3 Å². The molecule has 76 valence electrons. The Morgan fingerprint density at radius 2 is 2.50 bits per heavy atom. The van der Waals surface area contributed by atoms with Crippen LogP contribution >= 0.6 is 0 Å². The molecule has 1 rings (SSSR count). The summed E-state index contributed by atoms with van der Waals surface area (Å²) in [6, 6.07) is 2.16. The summed E-state index contributed by atoms with van der Waals surface area (Å²) >= 11 is 0. The molecule has 0 radical (unpaired) electrons. The molecule has 3 heteroatoms. The number of nitrogens with one attached hydrogen (secondary N) is 1. The van der Waals surface area contributed by atoms with Crippen LogP contribution in [0.1, 0.15) is 30.0 Å². The van der Waals surface area contributed by atoms with Crippen molar-refractivity contribution in [2.75, 3.05) is 0 Å². The Morgan fingerprint density at radius 3 is 3.07 bits per heavy atom. The lowest BCUT2D eigenvalue weighted by molar-refractivity contribution is 0.517. The van der Waals surface area contributed by atoms with E-state index in [1.54, 1.807) is 6.20 Å². The van der Waals surface area contributed by atoms with Gasteiger partial charge in [-0.1, -0.05) is 6.08 Å². The molecule has 3 N–H and O–H groups in total. The summed E-state index contributed by atoms with van der Waals surface area (Å²) in [6.45, 7) is 5.76. The zero-order chi connectivity index (χ0) is 10.4. The van der Waals surface area contributed by atoms with Crippen molar-refractivity contribution in [2.45, 2.75) is 25.8 Å². The van der Waals surface area contributed by atoms with Gasteiger partial charge in [-0.25, -0.2) is 0 Å². The number of aryl methyl sites for hydroxylation is 1. The number of nitrogens with two attached hydrogens (primary N) is 1. The summed E-state index contributed by atoms with van der Waals surface area (Å²) in [5, 5.41) is 0.